The first-order chi connectivity index (χ1) is 30.6. The fourth-order valence-electron chi connectivity index (χ4n) is 7.97. The predicted molar refractivity (Wildman–Crippen MR) is 263 cm³/mol. The molecular formula is C55H101NO7. The first-order valence-corrected chi connectivity index (χ1v) is 26.5. The van der Waals surface area contributed by atoms with Crippen LogP contribution in [0.25, 0.3) is 0 Å². The van der Waals surface area contributed by atoms with Crippen LogP contribution in [0.2, 0.25) is 0 Å². The molecule has 0 bridgehead atoms. The van der Waals surface area contributed by atoms with E-state index in [1.807, 2.05) is 21.1 Å². The van der Waals surface area contributed by atoms with E-state index in [4.69, 9.17) is 14.2 Å². The zero-order valence-corrected chi connectivity index (χ0v) is 42.0. The van der Waals surface area contributed by atoms with Gasteiger partial charge in [-0.1, -0.05) is 217 Å². The van der Waals surface area contributed by atoms with Gasteiger partial charge in [0, 0.05) is 19.3 Å². The topological polar surface area (TPSA) is 102 Å². The highest BCUT2D eigenvalue weighted by Gasteiger charge is 2.25. The molecule has 0 amide bonds. The van der Waals surface area contributed by atoms with Gasteiger partial charge in [0.2, 0.25) is 0 Å². The van der Waals surface area contributed by atoms with Crippen molar-refractivity contribution in [3.05, 3.63) is 36.5 Å². The van der Waals surface area contributed by atoms with E-state index >= 15 is 0 Å². The third kappa shape index (κ3) is 44.5. The molecule has 2 atom stereocenters. The molecule has 0 aliphatic heterocycles. The van der Waals surface area contributed by atoms with Crippen molar-refractivity contribution in [2.24, 2.45) is 0 Å². The predicted octanol–water partition coefficient (Wildman–Crippen LogP) is 14.0. The number of ether oxygens (including phenoxy) is 3. The molecule has 0 aromatic carbocycles. The van der Waals surface area contributed by atoms with Gasteiger partial charge in [-0.05, 0) is 44.9 Å². The van der Waals surface area contributed by atoms with Gasteiger partial charge < -0.3 is 28.6 Å². The molecule has 0 saturated carbocycles. The fourth-order valence-corrected chi connectivity index (χ4v) is 7.97. The van der Waals surface area contributed by atoms with Gasteiger partial charge in [0.25, 0.3) is 0 Å². The summed E-state index contributed by atoms with van der Waals surface area (Å²) in [5, 5.41) is 11.7. The molecule has 0 N–H and O–H groups in total. The standard InChI is InChI=1S/C55H101NO7/c1-6-8-10-12-14-16-18-20-22-24-25-26-27-28-29-30-32-34-36-38-40-42-44-46-54(58)63-51(49-61-48-47-52(55(59)60)56(3,4)5)50-62-53(57)45-43-41-39-37-35-33-31-23-21-19-17-15-13-11-9-7-2/h8,10,14,16,20,22,51-52H,6-7,9,11-13,15,17-19,21,23-50H2,1-5H3/b10-8+,16-14+,22-20+. The molecular weight excluding hydrogens is 787 g/mol. The summed E-state index contributed by atoms with van der Waals surface area (Å²) in [5.74, 6) is -1.72. The third-order valence-electron chi connectivity index (χ3n) is 12.0. The Bertz CT molecular complexity index is 1130. The molecule has 0 spiro atoms. The van der Waals surface area contributed by atoms with Crippen LogP contribution in [0.5, 0.6) is 0 Å². The molecule has 0 aromatic heterocycles. The van der Waals surface area contributed by atoms with E-state index in [1.165, 1.54) is 154 Å². The second-order valence-corrected chi connectivity index (χ2v) is 19.1. The van der Waals surface area contributed by atoms with Crippen LogP contribution in [0, 0.1) is 0 Å². The Kier molecular flexibility index (Phi) is 44.3. The zero-order chi connectivity index (χ0) is 46.3. The number of hydrogen-bond acceptors (Lipinski definition) is 7. The van der Waals surface area contributed by atoms with Crippen LogP contribution in [0.4, 0.5) is 0 Å². The van der Waals surface area contributed by atoms with Crippen molar-refractivity contribution in [1.29, 1.82) is 0 Å². The maximum atomic E-state index is 12.8. The number of esters is 2. The Morgan fingerprint density at radius 1 is 0.492 bits per heavy atom. The fraction of sp³-hybridized carbons (Fsp3) is 0.836. The number of carboxylic acid groups (broad SMARTS) is 1. The lowest BCUT2D eigenvalue weighted by Gasteiger charge is -2.34. The summed E-state index contributed by atoms with van der Waals surface area (Å²) in [6, 6.07) is -0.724. The van der Waals surface area contributed by atoms with Gasteiger partial charge in [0.15, 0.2) is 6.10 Å². The Morgan fingerprint density at radius 2 is 0.889 bits per heavy atom. The maximum absolute atomic E-state index is 12.8. The van der Waals surface area contributed by atoms with Crippen molar-refractivity contribution in [1.82, 2.24) is 0 Å². The SMILES string of the molecule is CC/C=C/C/C=C/C/C=C/CCCCCCCCCCCCCCCC(=O)OC(COCCC(C(=O)[O-])[N+](C)(C)C)COC(=O)CCCCCCCCCCCCCCCCCC. The number of carbonyl (C=O) groups excluding carboxylic acids is 3. The second kappa shape index (κ2) is 46.1. The summed E-state index contributed by atoms with van der Waals surface area (Å²) in [7, 11) is 5.42. The van der Waals surface area contributed by atoms with Gasteiger partial charge in [-0.15, -0.1) is 0 Å². The van der Waals surface area contributed by atoms with Crippen LogP contribution in [-0.2, 0) is 28.6 Å². The molecule has 368 valence electrons. The lowest BCUT2D eigenvalue weighted by Crippen LogP contribution is -2.55. The molecule has 0 heterocycles. The molecule has 0 rings (SSSR count). The lowest BCUT2D eigenvalue weighted by molar-refractivity contribution is -0.889. The van der Waals surface area contributed by atoms with Crippen molar-refractivity contribution in [2.45, 2.75) is 257 Å². The van der Waals surface area contributed by atoms with Crippen LogP contribution in [-0.4, -0.2) is 75.5 Å². The molecule has 0 saturated heterocycles. The molecule has 8 nitrogen and oxygen atoms in total. The van der Waals surface area contributed by atoms with E-state index in [-0.39, 0.29) is 42.7 Å². The van der Waals surface area contributed by atoms with Crippen molar-refractivity contribution < 1.29 is 38.2 Å². The van der Waals surface area contributed by atoms with Gasteiger partial charge in [-0.2, -0.15) is 0 Å². The van der Waals surface area contributed by atoms with Crippen LogP contribution < -0.4 is 5.11 Å². The Balaban J connectivity index is 4.18. The number of likely N-dealkylation sites (N-methyl/N-ethyl adjacent to an activating group) is 1. The van der Waals surface area contributed by atoms with Gasteiger partial charge in [0.1, 0.15) is 12.6 Å². The average molecular weight is 888 g/mol. The summed E-state index contributed by atoms with van der Waals surface area (Å²) in [4.78, 5) is 37.1. The number of hydrogen-bond donors (Lipinski definition) is 0. The van der Waals surface area contributed by atoms with Crippen LogP contribution in [0.3, 0.4) is 0 Å². The van der Waals surface area contributed by atoms with Gasteiger partial charge in [0.05, 0.1) is 40.3 Å². The number of allylic oxidation sites excluding steroid dienone is 6. The van der Waals surface area contributed by atoms with E-state index in [0.29, 0.717) is 12.8 Å². The Morgan fingerprint density at radius 3 is 1.32 bits per heavy atom. The molecule has 0 aromatic rings. The molecule has 0 aliphatic carbocycles. The number of nitrogens with zero attached hydrogens (tertiary/aromatic N) is 1. The molecule has 2 unspecified atom stereocenters. The monoisotopic (exact) mass is 888 g/mol. The van der Waals surface area contributed by atoms with Crippen LogP contribution in [0.15, 0.2) is 36.5 Å². The summed E-state index contributed by atoms with van der Waals surface area (Å²) in [6.07, 6.45) is 54.6. The first-order valence-electron chi connectivity index (χ1n) is 26.5. The van der Waals surface area contributed by atoms with Crippen molar-refractivity contribution >= 4 is 17.9 Å². The van der Waals surface area contributed by atoms with Crippen molar-refractivity contribution in [3.63, 3.8) is 0 Å². The molecule has 0 aliphatic rings. The summed E-state index contributed by atoms with van der Waals surface area (Å²) < 4.78 is 17.3. The number of carbonyl (C=O) groups is 3. The van der Waals surface area contributed by atoms with Gasteiger partial charge >= 0.3 is 11.9 Å². The molecule has 8 heteroatoms. The lowest BCUT2D eigenvalue weighted by atomic mass is 10.0. The van der Waals surface area contributed by atoms with E-state index in [0.717, 1.165) is 57.8 Å². The number of rotatable bonds is 48. The Labute approximate surface area is 389 Å². The Hall–Kier alpha value is -2.45. The average Bonchev–Trinajstić information content (AvgIpc) is 3.24. The number of quaternary nitrogens is 1. The summed E-state index contributed by atoms with van der Waals surface area (Å²) in [5.41, 5.74) is 0. The van der Waals surface area contributed by atoms with E-state index in [1.54, 1.807) is 0 Å². The van der Waals surface area contributed by atoms with Crippen LogP contribution in [0.1, 0.15) is 245 Å². The number of carboxylic acids is 1. The minimum absolute atomic E-state index is 0.0444. The van der Waals surface area contributed by atoms with E-state index < -0.39 is 18.1 Å². The largest absolute Gasteiger partial charge is 0.544 e. The highest BCUT2D eigenvalue weighted by molar-refractivity contribution is 5.70. The number of unbranched alkanes of at least 4 members (excludes halogenated alkanes) is 28. The summed E-state index contributed by atoms with van der Waals surface area (Å²) >= 11 is 0. The van der Waals surface area contributed by atoms with E-state index in [2.05, 4.69) is 50.3 Å². The normalized spacial score (nSPS) is 13.1. The van der Waals surface area contributed by atoms with Crippen molar-refractivity contribution in [3.8, 4) is 0 Å². The van der Waals surface area contributed by atoms with Crippen LogP contribution >= 0.6 is 0 Å². The van der Waals surface area contributed by atoms with Gasteiger partial charge in [-0.3, -0.25) is 9.59 Å². The smallest absolute Gasteiger partial charge is 0.306 e. The minimum Gasteiger partial charge on any atom is -0.544 e. The maximum Gasteiger partial charge on any atom is 0.306 e. The quantitative estimate of drug-likeness (QED) is 0.0259. The number of aliphatic carboxylic acids is 1. The zero-order valence-electron chi connectivity index (χ0n) is 42.0. The van der Waals surface area contributed by atoms with E-state index in [9.17, 15) is 19.5 Å². The van der Waals surface area contributed by atoms with Crippen molar-refractivity contribution in [2.75, 3.05) is 41.0 Å². The molecule has 0 fully saturated rings. The molecule has 63 heavy (non-hydrogen) atoms. The summed E-state index contributed by atoms with van der Waals surface area (Å²) in [6.45, 7) is 4.59. The first kappa shape index (κ1) is 60.5. The third-order valence-corrected chi connectivity index (χ3v) is 12.0. The second-order valence-electron chi connectivity index (χ2n) is 19.1. The minimum atomic E-state index is -1.12. The van der Waals surface area contributed by atoms with Gasteiger partial charge in [-0.25, -0.2) is 0 Å². The highest BCUT2D eigenvalue weighted by atomic mass is 16.6. The molecule has 0 radical (unpaired) electrons. The highest BCUT2D eigenvalue weighted by Crippen LogP contribution is 2.17.